The van der Waals surface area contributed by atoms with Gasteiger partial charge in [0.05, 0.1) is 11.4 Å². The lowest BCUT2D eigenvalue weighted by molar-refractivity contribution is 0.598. The molecule has 106 valence electrons. The van der Waals surface area contributed by atoms with Crippen LogP contribution in [0.25, 0.3) is 0 Å². The van der Waals surface area contributed by atoms with E-state index in [1.165, 1.54) is 18.2 Å². The molecule has 0 saturated heterocycles. The molecule has 0 heterocycles. The Kier molecular flexibility index (Phi) is 3.65. The van der Waals surface area contributed by atoms with Crippen LogP contribution >= 0.6 is 0 Å². The second kappa shape index (κ2) is 5.10. The third-order valence-corrected chi connectivity index (χ3v) is 3.79. The third kappa shape index (κ3) is 2.89. The van der Waals surface area contributed by atoms with Crippen LogP contribution in [0.1, 0.15) is 5.56 Å². The zero-order valence-corrected chi connectivity index (χ0v) is 11.5. The molecule has 5 N–H and O–H groups in total. The summed E-state index contributed by atoms with van der Waals surface area (Å²) >= 11 is 0. The Morgan fingerprint density at radius 2 is 1.90 bits per heavy atom. The van der Waals surface area contributed by atoms with Crippen LogP contribution < -0.4 is 16.2 Å². The third-order valence-electron chi connectivity index (χ3n) is 2.82. The Bertz CT molecular complexity index is 760. The highest BCUT2D eigenvalue weighted by Crippen LogP contribution is 2.29. The minimum absolute atomic E-state index is 0.00372. The monoisotopic (exact) mass is 295 g/mol. The predicted octanol–water partition coefficient (Wildman–Crippen LogP) is 2.11. The van der Waals surface area contributed by atoms with E-state index in [1.807, 2.05) is 0 Å². The van der Waals surface area contributed by atoms with Crippen molar-refractivity contribution in [1.82, 2.24) is 0 Å². The van der Waals surface area contributed by atoms with Gasteiger partial charge >= 0.3 is 0 Å². The Balaban J connectivity index is 2.42. The first-order valence-electron chi connectivity index (χ1n) is 5.73. The van der Waals surface area contributed by atoms with Gasteiger partial charge in [0, 0.05) is 5.69 Å². The molecule has 0 radical (unpaired) electrons. The van der Waals surface area contributed by atoms with Crippen LogP contribution in [-0.4, -0.2) is 8.42 Å². The van der Waals surface area contributed by atoms with Crippen molar-refractivity contribution in [3.05, 3.63) is 47.8 Å². The van der Waals surface area contributed by atoms with Gasteiger partial charge in [0.2, 0.25) is 10.0 Å². The quantitative estimate of drug-likeness (QED) is 0.755. The average molecular weight is 295 g/mol. The van der Waals surface area contributed by atoms with Crippen molar-refractivity contribution >= 4 is 27.1 Å². The van der Waals surface area contributed by atoms with Gasteiger partial charge in [0.25, 0.3) is 0 Å². The maximum absolute atomic E-state index is 13.5. The number of nitrogen functional groups attached to an aromatic ring is 1. The van der Waals surface area contributed by atoms with Gasteiger partial charge < -0.3 is 11.1 Å². The summed E-state index contributed by atoms with van der Waals surface area (Å²) in [5.74, 6) is -0.365. The smallest absolute Gasteiger partial charge is 0.240 e. The fourth-order valence-corrected chi connectivity index (χ4v) is 2.41. The second-order valence-corrected chi connectivity index (χ2v) is 5.88. The molecule has 0 saturated carbocycles. The van der Waals surface area contributed by atoms with Gasteiger partial charge in [-0.25, -0.2) is 17.9 Å². The first-order chi connectivity index (χ1) is 9.29. The van der Waals surface area contributed by atoms with Gasteiger partial charge in [-0.05, 0) is 36.8 Å². The van der Waals surface area contributed by atoms with E-state index in [9.17, 15) is 12.8 Å². The van der Waals surface area contributed by atoms with E-state index < -0.39 is 10.0 Å². The number of nitrogens with one attached hydrogen (secondary N) is 1. The van der Waals surface area contributed by atoms with E-state index in [0.717, 1.165) is 0 Å². The summed E-state index contributed by atoms with van der Waals surface area (Å²) in [4.78, 5) is -0.171. The highest BCUT2D eigenvalue weighted by Gasteiger charge is 2.14. The molecule has 20 heavy (non-hydrogen) atoms. The molecule has 0 atom stereocenters. The maximum atomic E-state index is 13.5. The summed E-state index contributed by atoms with van der Waals surface area (Å²) in [6, 6.07) is 8.98. The number of sulfonamides is 1. The topological polar surface area (TPSA) is 98.2 Å². The predicted molar refractivity (Wildman–Crippen MR) is 76.6 cm³/mol. The lowest BCUT2D eigenvalue weighted by Gasteiger charge is -2.12. The fraction of sp³-hybridized carbons (Fsp3) is 0.0769. The van der Waals surface area contributed by atoms with Crippen molar-refractivity contribution < 1.29 is 12.8 Å². The lowest BCUT2D eigenvalue weighted by Crippen LogP contribution is -2.15. The molecule has 0 amide bonds. The van der Waals surface area contributed by atoms with Crippen molar-refractivity contribution in [1.29, 1.82) is 0 Å². The Labute approximate surface area is 116 Å². The largest absolute Gasteiger partial charge is 0.396 e. The fourth-order valence-electron chi connectivity index (χ4n) is 1.73. The van der Waals surface area contributed by atoms with E-state index in [-0.39, 0.29) is 16.4 Å². The molecule has 2 rings (SSSR count). The highest BCUT2D eigenvalue weighted by atomic mass is 32.2. The van der Waals surface area contributed by atoms with Crippen LogP contribution in [0.15, 0.2) is 41.3 Å². The zero-order valence-electron chi connectivity index (χ0n) is 10.7. The van der Waals surface area contributed by atoms with Crippen molar-refractivity contribution in [2.24, 2.45) is 5.14 Å². The lowest BCUT2D eigenvalue weighted by atomic mass is 10.2. The number of nitrogens with two attached hydrogens (primary N) is 2. The molecular weight excluding hydrogens is 281 g/mol. The molecule has 5 nitrogen and oxygen atoms in total. The molecule has 2 aromatic carbocycles. The van der Waals surface area contributed by atoms with Crippen LogP contribution in [0.2, 0.25) is 0 Å². The van der Waals surface area contributed by atoms with Crippen molar-refractivity contribution in [2.45, 2.75) is 11.8 Å². The van der Waals surface area contributed by atoms with Gasteiger partial charge in [-0.3, -0.25) is 0 Å². The molecule has 0 fully saturated rings. The van der Waals surface area contributed by atoms with Gasteiger partial charge in [0.15, 0.2) is 0 Å². The van der Waals surface area contributed by atoms with E-state index in [4.69, 9.17) is 10.9 Å². The summed E-state index contributed by atoms with van der Waals surface area (Å²) < 4.78 is 36.2. The van der Waals surface area contributed by atoms with Crippen LogP contribution in [0.4, 0.5) is 21.5 Å². The Morgan fingerprint density at radius 3 is 2.50 bits per heavy atom. The van der Waals surface area contributed by atoms with Gasteiger partial charge in [-0.15, -0.1) is 0 Å². The van der Waals surface area contributed by atoms with Crippen LogP contribution in [0.5, 0.6) is 0 Å². The first kappa shape index (κ1) is 14.3. The number of aryl methyl sites for hydroxylation is 1. The molecule has 0 aromatic heterocycles. The van der Waals surface area contributed by atoms with Crippen molar-refractivity contribution in [3.63, 3.8) is 0 Å². The molecular formula is C13H14FN3O2S. The molecule has 0 aliphatic heterocycles. The first-order valence-corrected chi connectivity index (χ1v) is 7.28. The van der Waals surface area contributed by atoms with Crippen LogP contribution in [-0.2, 0) is 10.0 Å². The summed E-state index contributed by atoms with van der Waals surface area (Å²) in [6.45, 7) is 1.65. The maximum Gasteiger partial charge on any atom is 0.240 e. The van der Waals surface area contributed by atoms with E-state index in [2.05, 4.69) is 5.32 Å². The number of halogens is 1. The number of hydrogen-bond donors (Lipinski definition) is 3. The van der Waals surface area contributed by atoms with Gasteiger partial charge in [-0.2, -0.15) is 0 Å². The number of para-hydroxylation sites is 1. The Morgan fingerprint density at radius 1 is 1.20 bits per heavy atom. The number of benzene rings is 2. The minimum atomic E-state index is -3.90. The zero-order chi connectivity index (χ0) is 14.9. The molecule has 0 aliphatic carbocycles. The van der Waals surface area contributed by atoms with E-state index in [1.54, 1.807) is 25.1 Å². The van der Waals surface area contributed by atoms with E-state index in [0.29, 0.717) is 16.9 Å². The molecule has 0 aliphatic rings. The number of hydrogen-bond acceptors (Lipinski definition) is 4. The van der Waals surface area contributed by atoms with Gasteiger partial charge in [0.1, 0.15) is 10.7 Å². The number of primary sulfonamides is 1. The number of anilines is 3. The van der Waals surface area contributed by atoms with Gasteiger partial charge in [-0.1, -0.05) is 12.1 Å². The summed E-state index contributed by atoms with van der Waals surface area (Å²) in [6.07, 6.45) is 0. The SMILES string of the molecule is Cc1ccc(Nc2cccc(S(N)(=O)=O)c2N)cc1F. The molecule has 0 spiro atoms. The minimum Gasteiger partial charge on any atom is -0.396 e. The van der Waals surface area contributed by atoms with Crippen LogP contribution in [0.3, 0.4) is 0 Å². The van der Waals surface area contributed by atoms with Crippen molar-refractivity contribution in [3.8, 4) is 0 Å². The number of rotatable bonds is 3. The summed E-state index contributed by atoms with van der Waals surface area (Å²) in [5.41, 5.74) is 7.09. The summed E-state index contributed by atoms with van der Waals surface area (Å²) in [7, 11) is -3.90. The summed E-state index contributed by atoms with van der Waals surface area (Å²) in [5, 5.41) is 7.94. The van der Waals surface area contributed by atoms with Crippen LogP contribution in [0, 0.1) is 12.7 Å². The second-order valence-electron chi connectivity index (χ2n) is 4.35. The normalized spacial score (nSPS) is 11.3. The highest BCUT2D eigenvalue weighted by molar-refractivity contribution is 7.89. The Hall–Kier alpha value is -2.12. The average Bonchev–Trinajstić information content (AvgIpc) is 2.35. The van der Waals surface area contributed by atoms with E-state index >= 15 is 0 Å². The molecule has 0 bridgehead atoms. The molecule has 7 heteroatoms. The van der Waals surface area contributed by atoms with Crippen molar-refractivity contribution in [2.75, 3.05) is 11.1 Å². The molecule has 0 unspecified atom stereocenters. The molecule has 2 aromatic rings. The standard InChI is InChI=1S/C13H14FN3O2S/c1-8-5-6-9(7-10(8)14)17-11-3-2-4-12(13(11)15)20(16,18)19/h2-7,17H,15H2,1H3,(H2,16,18,19).